The summed E-state index contributed by atoms with van der Waals surface area (Å²) in [6.45, 7) is 3.92. The zero-order valence-electron chi connectivity index (χ0n) is 12.5. The Bertz CT molecular complexity index is 430. The first-order valence-corrected chi connectivity index (χ1v) is 7.22. The highest BCUT2D eigenvalue weighted by Gasteiger charge is 2.18. The fraction of sp³-hybridized carbons (Fsp3) is 0.500. The van der Waals surface area contributed by atoms with Gasteiger partial charge < -0.3 is 14.2 Å². The molecule has 0 aliphatic carbocycles. The number of hydrogen-bond acceptors (Lipinski definition) is 5. The molecule has 0 N–H and O–H groups in total. The van der Waals surface area contributed by atoms with Gasteiger partial charge in [0.05, 0.1) is 0 Å². The van der Waals surface area contributed by atoms with Crippen LogP contribution in [0.15, 0.2) is 30.3 Å². The maximum absolute atomic E-state index is 11.6. The molecule has 0 aliphatic rings. The van der Waals surface area contributed by atoms with Gasteiger partial charge in [0.2, 0.25) is 0 Å². The average Bonchev–Trinajstić information content (AvgIpc) is 2.46. The van der Waals surface area contributed by atoms with Crippen molar-refractivity contribution < 1.29 is 23.8 Å². The normalized spacial score (nSPS) is 11.5. The van der Waals surface area contributed by atoms with Crippen LogP contribution in [0.1, 0.15) is 45.1 Å². The minimum Gasteiger partial charge on any atom is -0.429 e. The van der Waals surface area contributed by atoms with Gasteiger partial charge in [-0.25, -0.2) is 4.79 Å². The summed E-state index contributed by atoms with van der Waals surface area (Å²) in [7, 11) is 0. The maximum atomic E-state index is 11.6. The molecule has 0 saturated heterocycles. The van der Waals surface area contributed by atoms with Gasteiger partial charge in [-0.3, -0.25) is 4.79 Å². The van der Waals surface area contributed by atoms with Crippen LogP contribution in [0.4, 0.5) is 4.79 Å². The minimum atomic E-state index is -0.877. The van der Waals surface area contributed by atoms with Crippen LogP contribution in [-0.4, -0.2) is 18.4 Å². The van der Waals surface area contributed by atoms with E-state index in [0.29, 0.717) is 19.3 Å². The Hall–Kier alpha value is -2.04. The van der Waals surface area contributed by atoms with E-state index in [-0.39, 0.29) is 12.6 Å². The molecule has 0 heterocycles. The minimum absolute atomic E-state index is 0.126. The van der Waals surface area contributed by atoms with Crippen LogP contribution >= 0.6 is 0 Å². The molecule has 0 spiro atoms. The van der Waals surface area contributed by atoms with Crippen molar-refractivity contribution in [3.05, 3.63) is 35.9 Å². The molecule has 5 nitrogen and oxygen atoms in total. The lowest BCUT2D eigenvalue weighted by atomic mass is 10.2. The molecule has 1 aromatic carbocycles. The second-order valence-corrected chi connectivity index (χ2v) is 4.60. The lowest BCUT2D eigenvalue weighted by molar-refractivity contribution is -0.172. The quantitative estimate of drug-likeness (QED) is 0.539. The zero-order chi connectivity index (χ0) is 15.5. The second kappa shape index (κ2) is 9.80. The fourth-order valence-electron chi connectivity index (χ4n) is 1.65. The van der Waals surface area contributed by atoms with Gasteiger partial charge in [0, 0.05) is 12.8 Å². The van der Waals surface area contributed by atoms with E-state index in [4.69, 9.17) is 14.2 Å². The predicted octanol–water partition coefficient (Wildman–Crippen LogP) is 3.81. The molecule has 1 atom stereocenters. The van der Waals surface area contributed by atoms with Crippen molar-refractivity contribution in [1.29, 1.82) is 0 Å². The first-order chi connectivity index (χ1) is 10.2. The van der Waals surface area contributed by atoms with Crippen molar-refractivity contribution in [1.82, 2.24) is 0 Å². The monoisotopic (exact) mass is 294 g/mol. The Morgan fingerprint density at radius 3 is 2.38 bits per heavy atom. The van der Waals surface area contributed by atoms with Crippen molar-refractivity contribution in [3.63, 3.8) is 0 Å². The number of ether oxygens (including phenoxy) is 3. The highest BCUT2D eigenvalue weighted by molar-refractivity contribution is 5.69. The summed E-state index contributed by atoms with van der Waals surface area (Å²) < 4.78 is 15.1. The average molecular weight is 294 g/mol. The molecular formula is C16H22O5. The van der Waals surface area contributed by atoms with Crippen LogP contribution in [0, 0.1) is 0 Å². The fourth-order valence-corrected chi connectivity index (χ4v) is 1.65. The van der Waals surface area contributed by atoms with Gasteiger partial charge in [-0.15, -0.1) is 0 Å². The molecule has 1 unspecified atom stereocenters. The van der Waals surface area contributed by atoms with E-state index in [2.05, 4.69) is 0 Å². The van der Waals surface area contributed by atoms with E-state index in [1.165, 1.54) is 0 Å². The number of carbonyl (C=O) groups excluding carboxylic acids is 2. The molecule has 21 heavy (non-hydrogen) atoms. The molecule has 0 radical (unpaired) electrons. The summed E-state index contributed by atoms with van der Waals surface area (Å²) in [6, 6.07) is 9.29. The smallest absolute Gasteiger partial charge is 0.429 e. The first kappa shape index (κ1) is 17.0. The molecule has 0 aromatic heterocycles. The highest BCUT2D eigenvalue weighted by atomic mass is 16.8. The Morgan fingerprint density at radius 2 is 1.76 bits per heavy atom. The summed E-state index contributed by atoms with van der Waals surface area (Å²) in [5.41, 5.74) is 0.865. The van der Waals surface area contributed by atoms with Crippen LogP contribution in [-0.2, 0) is 25.6 Å². The summed E-state index contributed by atoms with van der Waals surface area (Å²) in [6.07, 6.45) is 0.476. The van der Waals surface area contributed by atoms with Gasteiger partial charge in [-0.05, 0) is 18.4 Å². The van der Waals surface area contributed by atoms with E-state index in [1.54, 1.807) is 0 Å². The number of benzene rings is 1. The Kier molecular flexibility index (Phi) is 7.94. The molecule has 0 aliphatic heterocycles. The van der Waals surface area contributed by atoms with Crippen LogP contribution in [0.5, 0.6) is 0 Å². The highest BCUT2D eigenvalue weighted by Crippen LogP contribution is 2.09. The van der Waals surface area contributed by atoms with E-state index < -0.39 is 12.4 Å². The van der Waals surface area contributed by atoms with Gasteiger partial charge in [0.15, 0.2) is 0 Å². The van der Waals surface area contributed by atoms with E-state index in [1.807, 2.05) is 44.2 Å². The van der Waals surface area contributed by atoms with Crippen molar-refractivity contribution in [2.45, 2.75) is 52.4 Å². The van der Waals surface area contributed by atoms with Gasteiger partial charge in [0.1, 0.15) is 6.61 Å². The van der Waals surface area contributed by atoms with Crippen molar-refractivity contribution in [2.24, 2.45) is 0 Å². The molecule has 0 bridgehead atoms. The molecule has 0 saturated carbocycles. The summed E-state index contributed by atoms with van der Waals surface area (Å²) in [5.74, 6) is -0.369. The largest absolute Gasteiger partial charge is 0.511 e. The van der Waals surface area contributed by atoms with Gasteiger partial charge in [0.25, 0.3) is 6.29 Å². The number of carbonyl (C=O) groups is 2. The van der Waals surface area contributed by atoms with Crippen LogP contribution in [0.25, 0.3) is 0 Å². The van der Waals surface area contributed by atoms with E-state index in [0.717, 1.165) is 12.0 Å². The van der Waals surface area contributed by atoms with E-state index in [9.17, 15) is 9.59 Å². The topological polar surface area (TPSA) is 61.8 Å². The van der Waals surface area contributed by atoms with Crippen LogP contribution < -0.4 is 0 Å². The molecular weight excluding hydrogens is 272 g/mol. The lowest BCUT2D eigenvalue weighted by Crippen LogP contribution is -2.25. The molecule has 0 amide bonds. The standard InChI is InChI=1S/C16H22O5/c1-3-8-14(17)20-15(9-4-2)21-16(18)19-12-13-10-6-5-7-11-13/h5-7,10-11,15H,3-4,8-9,12H2,1-2H3. The predicted molar refractivity (Wildman–Crippen MR) is 77.4 cm³/mol. The second-order valence-electron chi connectivity index (χ2n) is 4.60. The Labute approximate surface area is 125 Å². The molecule has 0 fully saturated rings. The van der Waals surface area contributed by atoms with Gasteiger partial charge in [-0.1, -0.05) is 44.2 Å². The Balaban J connectivity index is 2.39. The SMILES string of the molecule is CCCC(=O)OC(CCC)OC(=O)OCc1ccccc1. The third-order valence-electron chi connectivity index (χ3n) is 2.67. The molecule has 1 aromatic rings. The number of hydrogen-bond donors (Lipinski definition) is 0. The van der Waals surface area contributed by atoms with Crippen LogP contribution in [0.2, 0.25) is 0 Å². The number of esters is 1. The first-order valence-electron chi connectivity index (χ1n) is 7.22. The van der Waals surface area contributed by atoms with Crippen molar-refractivity contribution in [3.8, 4) is 0 Å². The summed E-state index contributed by atoms with van der Waals surface area (Å²) in [5, 5.41) is 0. The lowest BCUT2D eigenvalue weighted by Gasteiger charge is -2.17. The third-order valence-corrected chi connectivity index (χ3v) is 2.67. The summed E-state index contributed by atoms with van der Waals surface area (Å²) in [4.78, 5) is 23.0. The summed E-state index contributed by atoms with van der Waals surface area (Å²) >= 11 is 0. The van der Waals surface area contributed by atoms with Crippen LogP contribution in [0.3, 0.4) is 0 Å². The molecule has 5 heteroatoms. The van der Waals surface area contributed by atoms with Crippen molar-refractivity contribution >= 4 is 12.1 Å². The third kappa shape index (κ3) is 7.34. The number of rotatable bonds is 8. The molecule has 116 valence electrons. The maximum Gasteiger partial charge on any atom is 0.511 e. The van der Waals surface area contributed by atoms with Gasteiger partial charge in [-0.2, -0.15) is 0 Å². The van der Waals surface area contributed by atoms with Crippen molar-refractivity contribution in [2.75, 3.05) is 0 Å². The Morgan fingerprint density at radius 1 is 1.05 bits per heavy atom. The van der Waals surface area contributed by atoms with E-state index >= 15 is 0 Å². The molecule has 1 rings (SSSR count). The zero-order valence-corrected chi connectivity index (χ0v) is 12.5. The van der Waals surface area contributed by atoms with Gasteiger partial charge >= 0.3 is 12.1 Å².